The van der Waals surface area contributed by atoms with Crippen molar-refractivity contribution in [1.82, 2.24) is 10.2 Å². The van der Waals surface area contributed by atoms with Crippen molar-refractivity contribution in [3.05, 3.63) is 35.4 Å². The van der Waals surface area contributed by atoms with Gasteiger partial charge in [-0.25, -0.2) is 0 Å². The van der Waals surface area contributed by atoms with E-state index in [2.05, 4.69) is 5.32 Å². The molecule has 2 fully saturated rings. The second kappa shape index (κ2) is 7.79. The molecule has 0 spiro atoms. The van der Waals surface area contributed by atoms with Crippen molar-refractivity contribution in [3.63, 3.8) is 0 Å². The van der Waals surface area contributed by atoms with E-state index in [0.717, 1.165) is 31.4 Å². The Hall–Kier alpha value is -1.88. The molecule has 1 atom stereocenters. The number of rotatable bonds is 6. The molecule has 130 valence electrons. The van der Waals surface area contributed by atoms with Crippen LogP contribution < -0.4 is 5.32 Å². The van der Waals surface area contributed by atoms with Crippen molar-refractivity contribution in [3.8, 4) is 0 Å². The third kappa shape index (κ3) is 4.15. The monoisotopic (exact) mass is 330 g/mol. The van der Waals surface area contributed by atoms with E-state index in [1.165, 1.54) is 12.8 Å². The van der Waals surface area contributed by atoms with Crippen molar-refractivity contribution >= 4 is 11.8 Å². The third-order valence-corrected chi connectivity index (χ3v) is 5.15. The number of carbonyl (C=O) groups is 2. The summed E-state index contributed by atoms with van der Waals surface area (Å²) in [7, 11) is 0. The Morgan fingerprint density at radius 2 is 2.08 bits per heavy atom. The molecule has 5 heteroatoms. The lowest BCUT2D eigenvalue weighted by Crippen LogP contribution is -2.35. The van der Waals surface area contributed by atoms with Crippen LogP contribution in [0.2, 0.25) is 0 Å². The predicted octanol–water partition coefficient (Wildman–Crippen LogP) is 2.09. The van der Waals surface area contributed by atoms with Crippen LogP contribution in [0.5, 0.6) is 0 Å². The van der Waals surface area contributed by atoms with E-state index in [9.17, 15) is 14.7 Å². The van der Waals surface area contributed by atoms with Crippen LogP contribution in [-0.2, 0) is 11.3 Å². The number of likely N-dealkylation sites (tertiary alicyclic amines) is 1. The lowest BCUT2D eigenvalue weighted by atomic mass is 10.0. The van der Waals surface area contributed by atoms with Crippen LogP contribution in [0, 0.1) is 5.92 Å². The molecule has 1 saturated carbocycles. The quantitative estimate of drug-likeness (QED) is 0.839. The van der Waals surface area contributed by atoms with E-state index in [-0.39, 0.29) is 11.8 Å². The Kier molecular flexibility index (Phi) is 5.51. The fraction of sp³-hybridized carbons (Fsp3) is 0.579. The number of amides is 2. The van der Waals surface area contributed by atoms with E-state index in [1.54, 1.807) is 6.07 Å². The first-order chi connectivity index (χ1) is 11.6. The zero-order valence-electron chi connectivity index (χ0n) is 14.0. The summed E-state index contributed by atoms with van der Waals surface area (Å²) in [5, 5.41) is 13.0. The third-order valence-electron chi connectivity index (χ3n) is 5.15. The Labute approximate surface area is 143 Å². The lowest BCUT2D eigenvalue weighted by Gasteiger charge is -2.18. The van der Waals surface area contributed by atoms with Gasteiger partial charge in [0, 0.05) is 31.6 Å². The lowest BCUT2D eigenvalue weighted by molar-refractivity contribution is -0.128. The summed E-state index contributed by atoms with van der Waals surface area (Å²) in [6.45, 7) is 1.66. The molecule has 1 aliphatic heterocycles. The van der Waals surface area contributed by atoms with Crippen LogP contribution >= 0.6 is 0 Å². The zero-order valence-corrected chi connectivity index (χ0v) is 14.0. The van der Waals surface area contributed by atoms with Crippen LogP contribution in [0.1, 0.15) is 54.4 Å². The van der Waals surface area contributed by atoms with Crippen molar-refractivity contribution in [2.45, 2.75) is 51.2 Å². The number of aliphatic hydroxyl groups excluding tert-OH is 1. The number of hydrogen-bond donors (Lipinski definition) is 2. The molecule has 0 radical (unpaired) electrons. The number of benzene rings is 1. The Bertz CT molecular complexity index is 596. The van der Waals surface area contributed by atoms with Crippen LogP contribution in [0.25, 0.3) is 0 Å². The standard InChI is InChI=1S/C19H26N2O3/c22-17(15-6-1-2-7-15)12-20-19(24)16-8-3-5-14(11-16)13-21-10-4-9-18(21)23/h3,5,8,11,15,17,22H,1-2,4,6-7,9-10,12-13H2,(H,20,24). The topological polar surface area (TPSA) is 69.6 Å². The summed E-state index contributed by atoms with van der Waals surface area (Å²) in [6, 6.07) is 7.39. The summed E-state index contributed by atoms with van der Waals surface area (Å²) < 4.78 is 0. The van der Waals surface area contributed by atoms with Gasteiger partial charge in [0.2, 0.25) is 5.91 Å². The maximum atomic E-state index is 12.3. The maximum Gasteiger partial charge on any atom is 0.251 e. The SMILES string of the molecule is O=C(NCC(O)C1CCCC1)c1cccc(CN2CCCC2=O)c1. The van der Waals surface area contributed by atoms with E-state index in [1.807, 2.05) is 23.1 Å². The van der Waals surface area contributed by atoms with Crippen molar-refractivity contribution in [1.29, 1.82) is 0 Å². The summed E-state index contributed by atoms with van der Waals surface area (Å²) >= 11 is 0. The van der Waals surface area contributed by atoms with Gasteiger partial charge in [-0.3, -0.25) is 9.59 Å². The van der Waals surface area contributed by atoms with Crippen molar-refractivity contribution in [2.24, 2.45) is 5.92 Å². The molecule has 1 aromatic carbocycles. The van der Waals surface area contributed by atoms with E-state index in [4.69, 9.17) is 0 Å². The molecule has 5 nitrogen and oxygen atoms in total. The van der Waals surface area contributed by atoms with Crippen molar-refractivity contribution in [2.75, 3.05) is 13.1 Å². The summed E-state index contributed by atoms with van der Waals surface area (Å²) in [5.74, 6) is 0.337. The van der Waals surface area contributed by atoms with Gasteiger partial charge in [0.1, 0.15) is 0 Å². The van der Waals surface area contributed by atoms with E-state index in [0.29, 0.717) is 31.0 Å². The summed E-state index contributed by atoms with van der Waals surface area (Å²) in [5.41, 5.74) is 1.55. The van der Waals surface area contributed by atoms with E-state index < -0.39 is 6.10 Å². The first kappa shape index (κ1) is 17.0. The molecular formula is C19H26N2O3. The minimum Gasteiger partial charge on any atom is -0.391 e. The van der Waals surface area contributed by atoms with Crippen LogP contribution in [-0.4, -0.2) is 41.0 Å². The molecule has 1 aliphatic carbocycles. The van der Waals surface area contributed by atoms with Gasteiger partial charge in [0.25, 0.3) is 5.91 Å². The highest BCUT2D eigenvalue weighted by atomic mass is 16.3. The van der Waals surface area contributed by atoms with Gasteiger partial charge in [-0.15, -0.1) is 0 Å². The van der Waals surface area contributed by atoms with Crippen molar-refractivity contribution < 1.29 is 14.7 Å². The highest BCUT2D eigenvalue weighted by Crippen LogP contribution is 2.27. The number of hydrogen-bond acceptors (Lipinski definition) is 3. The molecule has 1 heterocycles. The molecule has 1 saturated heterocycles. The normalized spacial score (nSPS) is 19.7. The molecule has 1 unspecified atom stereocenters. The van der Waals surface area contributed by atoms with Gasteiger partial charge in [0.15, 0.2) is 0 Å². The number of aliphatic hydroxyl groups is 1. The van der Waals surface area contributed by atoms with Gasteiger partial charge in [0.05, 0.1) is 6.10 Å². The molecular weight excluding hydrogens is 304 g/mol. The highest BCUT2D eigenvalue weighted by molar-refractivity contribution is 5.94. The summed E-state index contributed by atoms with van der Waals surface area (Å²) in [4.78, 5) is 25.9. The minimum absolute atomic E-state index is 0.165. The predicted molar refractivity (Wildman–Crippen MR) is 91.4 cm³/mol. The zero-order chi connectivity index (χ0) is 16.9. The van der Waals surface area contributed by atoms with Gasteiger partial charge in [-0.2, -0.15) is 0 Å². The maximum absolute atomic E-state index is 12.3. The Balaban J connectivity index is 1.54. The molecule has 0 bridgehead atoms. The largest absolute Gasteiger partial charge is 0.391 e. The van der Waals surface area contributed by atoms with Crippen LogP contribution in [0.3, 0.4) is 0 Å². The fourth-order valence-corrected chi connectivity index (χ4v) is 3.71. The first-order valence-corrected chi connectivity index (χ1v) is 8.96. The average Bonchev–Trinajstić information content (AvgIpc) is 3.25. The molecule has 1 aromatic rings. The number of nitrogens with one attached hydrogen (secondary N) is 1. The highest BCUT2D eigenvalue weighted by Gasteiger charge is 2.24. The minimum atomic E-state index is -0.457. The molecule has 0 aromatic heterocycles. The molecule has 3 rings (SSSR count). The Morgan fingerprint density at radius 1 is 1.29 bits per heavy atom. The smallest absolute Gasteiger partial charge is 0.251 e. The van der Waals surface area contributed by atoms with E-state index >= 15 is 0 Å². The van der Waals surface area contributed by atoms with Gasteiger partial charge < -0.3 is 15.3 Å². The number of carbonyl (C=O) groups excluding carboxylic acids is 2. The second-order valence-electron chi connectivity index (χ2n) is 6.94. The van der Waals surface area contributed by atoms with Crippen LogP contribution in [0.15, 0.2) is 24.3 Å². The van der Waals surface area contributed by atoms with Gasteiger partial charge >= 0.3 is 0 Å². The van der Waals surface area contributed by atoms with Crippen LogP contribution in [0.4, 0.5) is 0 Å². The molecule has 2 aliphatic rings. The fourth-order valence-electron chi connectivity index (χ4n) is 3.71. The first-order valence-electron chi connectivity index (χ1n) is 8.96. The molecule has 2 N–H and O–H groups in total. The number of nitrogens with zero attached hydrogens (tertiary/aromatic N) is 1. The van der Waals surface area contributed by atoms with Gasteiger partial charge in [-0.05, 0) is 42.9 Å². The second-order valence-corrected chi connectivity index (χ2v) is 6.94. The van der Waals surface area contributed by atoms with Gasteiger partial charge in [-0.1, -0.05) is 25.0 Å². The Morgan fingerprint density at radius 3 is 2.79 bits per heavy atom. The molecule has 24 heavy (non-hydrogen) atoms. The molecule has 2 amide bonds. The average molecular weight is 330 g/mol. The summed E-state index contributed by atoms with van der Waals surface area (Å²) in [6.07, 6.45) is 5.53.